The monoisotopic (exact) mass is 428 g/mol. The summed E-state index contributed by atoms with van der Waals surface area (Å²) < 4.78 is 6.38. The lowest BCUT2D eigenvalue weighted by Gasteiger charge is -2.05. The van der Waals surface area contributed by atoms with Crippen molar-refractivity contribution < 1.29 is 14.1 Å². The summed E-state index contributed by atoms with van der Waals surface area (Å²) in [6.45, 7) is 1.44. The quantitative estimate of drug-likeness (QED) is 0.404. The van der Waals surface area contributed by atoms with Crippen molar-refractivity contribution in [1.82, 2.24) is 10.1 Å². The summed E-state index contributed by atoms with van der Waals surface area (Å²) in [6, 6.07) is 20.3. The molecular weight excluding hydrogens is 412 g/mol. The third kappa shape index (κ3) is 3.76. The number of aromatic nitrogens is 2. The number of amides is 2. The Bertz CT molecular complexity index is 1440. The molecule has 0 atom stereocenters. The van der Waals surface area contributed by atoms with Crippen molar-refractivity contribution in [2.24, 2.45) is 0 Å². The van der Waals surface area contributed by atoms with Crippen LogP contribution in [0.25, 0.3) is 32.4 Å². The maximum Gasteiger partial charge on any atom is 0.255 e. The Morgan fingerprint density at radius 3 is 2.55 bits per heavy atom. The molecule has 5 rings (SSSR count). The first-order chi connectivity index (χ1) is 15.1. The van der Waals surface area contributed by atoms with Crippen LogP contribution in [0.1, 0.15) is 17.3 Å². The van der Waals surface area contributed by atoms with E-state index in [9.17, 15) is 9.59 Å². The molecule has 0 spiro atoms. The summed E-state index contributed by atoms with van der Waals surface area (Å²) in [5.41, 5.74) is 3.48. The SMILES string of the molecule is CC(=O)Nc1nc2ccc(NC(=O)c3ccc4noc(-c5ccccc5)c4c3)cc2s1. The summed E-state index contributed by atoms with van der Waals surface area (Å²) in [5, 5.41) is 11.0. The summed E-state index contributed by atoms with van der Waals surface area (Å²) in [5.74, 6) is 0.210. The first-order valence-electron chi connectivity index (χ1n) is 9.51. The highest BCUT2D eigenvalue weighted by atomic mass is 32.1. The highest BCUT2D eigenvalue weighted by Gasteiger charge is 2.15. The molecule has 8 heteroatoms. The average Bonchev–Trinajstić information content (AvgIpc) is 3.36. The molecule has 2 heterocycles. The Labute approximate surface area is 180 Å². The van der Waals surface area contributed by atoms with Gasteiger partial charge < -0.3 is 15.2 Å². The minimum absolute atomic E-state index is 0.174. The van der Waals surface area contributed by atoms with E-state index in [1.54, 1.807) is 24.3 Å². The van der Waals surface area contributed by atoms with E-state index in [0.29, 0.717) is 27.7 Å². The lowest BCUT2D eigenvalue weighted by Crippen LogP contribution is -2.11. The third-order valence-electron chi connectivity index (χ3n) is 4.70. The number of carbonyl (C=O) groups is 2. The van der Waals surface area contributed by atoms with Crippen molar-refractivity contribution in [3.63, 3.8) is 0 Å². The molecule has 0 fully saturated rings. The number of hydrogen-bond acceptors (Lipinski definition) is 6. The van der Waals surface area contributed by atoms with Crippen LogP contribution < -0.4 is 10.6 Å². The number of carbonyl (C=O) groups excluding carboxylic acids is 2. The van der Waals surface area contributed by atoms with E-state index >= 15 is 0 Å². The summed E-state index contributed by atoms with van der Waals surface area (Å²) >= 11 is 1.35. The number of fused-ring (bicyclic) bond motifs is 2. The van der Waals surface area contributed by atoms with Crippen molar-refractivity contribution in [1.29, 1.82) is 0 Å². The zero-order chi connectivity index (χ0) is 21.4. The Morgan fingerprint density at radius 1 is 0.935 bits per heavy atom. The molecule has 31 heavy (non-hydrogen) atoms. The second-order valence-electron chi connectivity index (χ2n) is 6.95. The Kier molecular flexibility index (Phi) is 4.68. The lowest BCUT2D eigenvalue weighted by atomic mass is 10.1. The molecule has 7 nitrogen and oxygen atoms in total. The molecule has 152 valence electrons. The van der Waals surface area contributed by atoms with E-state index in [2.05, 4.69) is 20.8 Å². The van der Waals surface area contributed by atoms with Crippen molar-refractivity contribution in [2.75, 3.05) is 10.6 Å². The topological polar surface area (TPSA) is 97.1 Å². The number of nitrogens with one attached hydrogen (secondary N) is 2. The molecule has 2 amide bonds. The van der Waals surface area contributed by atoms with Crippen LogP contribution in [0, 0.1) is 0 Å². The van der Waals surface area contributed by atoms with Crippen LogP contribution >= 0.6 is 11.3 Å². The van der Waals surface area contributed by atoms with Crippen LogP contribution in [0.15, 0.2) is 71.3 Å². The molecule has 5 aromatic rings. The number of hydrogen-bond donors (Lipinski definition) is 2. The average molecular weight is 428 g/mol. The third-order valence-corrected chi connectivity index (χ3v) is 5.64. The van der Waals surface area contributed by atoms with Crippen molar-refractivity contribution >= 4 is 55.1 Å². The van der Waals surface area contributed by atoms with Gasteiger partial charge in [0.25, 0.3) is 5.91 Å². The zero-order valence-corrected chi connectivity index (χ0v) is 17.2. The van der Waals surface area contributed by atoms with Crippen molar-refractivity contribution in [3.05, 3.63) is 72.3 Å². The van der Waals surface area contributed by atoms with E-state index in [-0.39, 0.29) is 11.8 Å². The van der Waals surface area contributed by atoms with Gasteiger partial charge in [-0.05, 0) is 36.4 Å². The van der Waals surface area contributed by atoms with Gasteiger partial charge in [0.05, 0.1) is 15.6 Å². The van der Waals surface area contributed by atoms with Crippen LogP contribution in [-0.4, -0.2) is 22.0 Å². The number of benzene rings is 3. The highest BCUT2D eigenvalue weighted by molar-refractivity contribution is 7.22. The first-order valence-corrected chi connectivity index (χ1v) is 10.3. The standard InChI is InChI=1S/C23H16N4O3S/c1-13(28)24-23-26-19-10-8-16(12-20(19)31-23)25-22(29)15-7-9-18-17(11-15)21(30-27-18)14-5-3-2-4-6-14/h2-12H,1H3,(H,25,29)(H,24,26,28). The largest absolute Gasteiger partial charge is 0.355 e. The summed E-state index contributed by atoms with van der Waals surface area (Å²) in [6.07, 6.45) is 0. The normalized spacial score (nSPS) is 11.0. The molecule has 2 N–H and O–H groups in total. The van der Waals surface area contributed by atoms with Crippen LogP contribution in [-0.2, 0) is 4.79 Å². The Balaban J connectivity index is 1.43. The fourth-order valence-electron chi connectivity index (χ4n) is 3.29. The van der Waals surface area contributed by atoms with Crippen LogP contribution in [0.4, 0.5) is 10.8 Å². The van der Waals surface area contributed by atoms with E-state index in [1.165, 1.54) is 18.3 Å². The maximum atomic E-state index is 12.9. The van der Waals surface area contributed by atoms with Crippen LogP contribution in [0.3, 0.4) is 0 Å². The smallest absolute Gasteiger partial charge is 0.255 e. The summed E-state index contributed by atoms with van der Waals surface area (Å²) in [7, 11) is 0. The van der Waals surface area contributed by atoms with Crippen LogP contribution in [0.5, 0.6) is 0 Å². The van der Waals surface area contributed by atoms with E-state index < -0.39 is 0 Å². The van der Waals surface area contributed by atoms with Gasteiger partial charge in [-0.25, -0.2) is 4.98 Å². The molecule has 0 bridgehead atoms. The summed E-state index contributed by atoms with van der Waals surface area (Å²) in [4.78, 5) is 28.5. The number of nitrogens with zero attached hydrogens (tertiary/aromatic N) is 2. The predicted molar refractivity (Wildman–Crippen MR) is 121 cm³/mol. The number of thiazole rings is 1. The fraction of sp³-hybridized carbons (Fsp3) is 0.0435. The minimum Gasteiger partial charge on any atom is -0.355 e. The van der Waals surface area contributed by atoms with Gasteiger partial charge >= 0.3 is 0 Å². The molecule has 0 aliphatic carbocycles. The zero-order valence-electron chi connectivity index (χ0n) is 16.4. The van der Waals surface area contributed by atoms with Gasteiger partial charge in [-0.1, -0.05) is 46.8 Å². The second-order valence-corrected chi connectivity index (χ2v) is 7.98. The van der Waals surface area contributed by atoms with Crippen molar-refractivity contribution in [3.8, 4) is 11.3 Å². The molecule has 0 saturated carbocycles. The molecule has 2 aromatic heterocycles. The molecule has 0 unspecified atom stereocenters. The second kappa shape index (κ2) is 7.66. The van der Waals surface area contributed by atoms with Gasteiger partial charge in [0.1, 0.15) is 5.52 Å². The van der Waals surface area contributed by atoms with Crippen molar-refractivity contribution in [2.45, 2.75) is 6.92 Å². The van der Waals surface area contributed by atoms with Gasteiger partial charge in [0.2, 0.25) is 5.91 Å². The van der Waals surface area contributed by atoms with Gasteiger partial charge in [-0.15, -0.1) is 0 Å². The van der Waals surface area contributed by atoms with Gasteiger partial charge in [-0.2, -0.15) is 0 Å². The minimum atomic E-state index is -0.243. The molecule has 0 aliphatic rings. The van der Waals surface area contributed by atoms with Gasteiger partial charge in [0.15, 0.2) is 10.9 Å². The highest BCUT2D eigenvalue weighted by Crippen LogP contribution is 2.30. The first kappa shape index (κ1) is 19.0. The maximum absolute atomic E-state index is 12.9. The molecule has 0 aliphatic heterocycles. The van der Waals surface area contributed by atoms with E-state index in [0.717, 1.165) is 21.2 Å². The molecule has 3 aromatic carbocycles. The Hall–Kier alpha value is -4.04. The number of anilines is 2. The number of rotatable bonds is 4. The fourth-order valence-corrected chi connectivity index (χ4v) is 4.24. The van der Waals surface area contributed by atoms with E-state index in [1.807, 2.05) is 42.5 Å². The van der Waals surface area contributed by atoms with Gasteiger partial charge in [0, 0.05) is 23.7 Å². The van der Waals surface area contributed by atoms with Crippen LogP contribution in [0.2, 0.25) is 0 Å². The lowest BCUT2D eigenvalue weighted by molar-refractivity contribution is -0.114. The van der Waals surface area contributed by atoms with Gasteiger partial charge in [-0.3, -0.25) is 9.59 Å². The van der Waals surface area contributed by atoms with E-state index in [4.69, 9.17) is 4.52 Å². The molecular formula is C23H16N4O3S. The predicted octanol–water partition coefficient (Wildman–Crippen LogP) is 5.32. The Morgan fingerprint density at radius 2 is 1.74 bits per heavy atom. The molecule has 0 radical (unpaired) electrons. The molecule has 0 saturated heterocycles.